The number of carbonyl (C=O) groups is 4. The number of carbonyl (C=O) groups excluding carboxylic acids is 3. The Labute approximate surface area is 325 Å². The molecular weight excluding hydrogens is 723 g/mol. The van der Waals surface area contributed by atoms with Crippen LogP contribution in [0.2, 0.25) is 0 Å². The van der Waals surface area contributed by atoms with E-state index in [1.807, 2.05) is 59.1 Å². The minimum Gasteiger partial charge on any atom is -0.496 e. The van der Waals surface area contributed by atoms with E-state index < -0.39 is 58.9 Å². The predicted molar refractivity (Wildman–Crippen MR) is 211 cm³/mol. The van der Waals surface area contributed by atoms with Crippen molar-refractivity contribution in [3.63, 3.8) is 0 Å². The van der Waals surface area contributed by atoms with Crippen molar-refractivity contribution in [2.45, 2.75) is 116 Å². The number of likely N-dealkylation sites (tertiary alicyclic amines) is 1. The molecule has 3 aromatic rings. The van der Waals surface area contributed by atoms with Gasteiger partial charge < -0.3 is 40.7 Å². The average molecular weight is 776 g/mol. The Morgan fingerprint density at radius 2 is 1.82 bits per heavy atom. The summed E-state index contributed by atoms with van der Waals surface area (Å²) in [6, 6.07) is 3.26. The number of aromatic nitrogens is 2. The first-order valence-corrected chi connectivity index (χ1v) is 19.8. The molecule has 2 aromatic heterocycles. The molecule has 15 heteroatoms. The molecule has 6 rings (SSSR count). The third kappa shape index (κ3) is 8.51. The van der Waals surface area contributed by atoms with Gasteiger partial charge in [-0.1, -0.05) is 39.7 Å². The number of rotatable bonds is 13. The number of hydrogen-bond acceptors (Lipinski definition) is 10. The van der Waals surface area contributed by atoms with Gasteiger partial charge in [0.05, 0.1) is 24.9 Å². The van der Waals surface area contributed by atoms with E-state index in [-0.39, 0.29) is 31.5 Å². The van der Waals surface area contributed by atoms with Gasteiger partial charge in [0.25, 0.3) is 0 Å². The summed E-state index contributed by atoms with van der Waals surface area (Å²) in [5.41, 5.74) is 0.524. The van der Waals surface area contributed by atoms with Crippen LogP contribution in [0, 0.1) is 18.3 Å². The second-order valence-corrected chi connectivity index (χ2v) is 17.2. The summed E-state index contributed by atoms with van der Waals surface area (Å²) in [5.74, 6) is -1.59. The first-order chi connectivity index (χ1) is 26.0. The molecule has 0 bridgehead atoms. The number of anilines is 1. The Morgan fingerprint density at radius 3 is 2.44 bits per heavy atom. The molecule has 296 valence electrons. The summed E-state index contributed by atoms with van der Waals surface area (Å²) in [4.78, 5) is 65.5. The average Bonchev–Trinajstić information content (AvgIpc) is 3.52. The number of hydrogen-bond donors (Lipinski definition) is 5. The van der Waals surface area contributed by atoms with Crippen molar-refractivity contribution in [1.29, 1.82) is 0 Å². The van der Waals surface area contributed by atoms with Crippen LogP contribution in [0.5, 0.6) is 11.5 Å². The van der Waals surface area contributed by atoms with E-state index in [0.717, 1.165) is 36.4 Å². The van der Waals surface area contributed by atoms with E-state index in [0.29, 0.717) is 33.8 Å². The minimum absolute atomic E-state index is 0.00167. The lowest BCUT2D eigenvalue weighted by atomic mass is 9.85. The highest BCUT2D eigenvalue weighted by Gasteiger charge is 2.61. The zero-order valence-corrected chi connectivity index (χ0v) is 33.5. The normalized spacial score (nSPS) is 23.0. The first kappa shape index (κ1) is 39.8. The lowest BCUT2D eigenvalue weighted by Gasteiger charge is -2.35. The summed E-state index contributed by atoms with van der Waals surface area (Å²) in [5, 5.41) is 25.4. The fourth-order valence-electron chi connectivity index (χ4n) is 7.60. The maximum absolute atomic E-state index is 14.6. The van der Waals surface area contributed by atoms with Gasteiger partial charge in [-0.25, -0.2) is 19.6 Å². The highest BCUT2D eigenvalue weighted by atomic mass is 32.1. The summed E-state index contributed by atoms with van der Waals surface area (Å²) < 4.78 is 12.4. The lowest BCUT2D eigenvalue weighted by molar-refractivity contribution is -0.146. The van der Waals surface area contributed by atoms with Crippen molar-refractivity contribution in [2.75, 3.05) is 19.0 Å². The van der Waals surface area contributed by atoms with Crippen molar-refractivity contribution in [3.05, 3.63) is 41.8 Å². The number of carboxylic acids is 1. The van der Waals surface area contributed by atoms with Crippen molar-refractivity contribution < 1.29 is 33.8 Å². The molecule has 55 heavy (non-hydrogen) atoms. The molecule has 0 radical (unpaired) electrons. The number of aryl methyl sites for hydroxylation is 1. The zero-order valence-electron chi connectivity index (χ0n) is 32.7. The Balaban J connectivity index is 1.34. The van der Waals surface area contributed by atoms with Gasteiger partial charge in [-0.2, -0.15) is 0 Å². The standard InChI is InChI=1S/C40H53N7O7S/c1-9-23-18-40(23,36(50)51)46-34(48)30-15-25(19-47(30)35(49)33(39(5,6)7)45-37(52)42-24-12-10-11-13-24)54-32-17-28(29-20-55-38(44-29)41-21(2)3)43-27-14-22(4)31(53-8)16-26(27)32/h9,14,16-17,20-21,23-25,30,33H,1,10-13,15,18-19H2,2-8H3,(H,41,44)(H,46,48)(H,50,51)(H2,42,45,52)/t23-,25-,30+,33-,40-/m1/s1. The van der Waals surface area contributed by atoms with E-state index in [1.165, 1.54) is 22.3 Å². The van der Waals surface area contributed by atoms with Gasteiger partial charge in [-0.05, 0) is 63.1 Å². The number of aliphatic carboxylic acids is 1. The highest BCUT2D eigenvalue weighted by Crippen LogP contribution is 2.45. The van der Waals surface area contributed by atoms with E-state index in [9.17, 15) is 24.3 Å². The number of fused-ring (bicyclic) bond motifs is 1. The molecule has 3 fully saturated rings. The Hall–Kier alpha value is -4.92. The summed E-state index contributed by atoms with van der Waals surface area (Å²) in [6.07, 6.45) is 4.91. The summed E-state index contributed by atoms with van der Waals surface area (Å²) >= 11 is 1.47. The van der Waals surface area contributed by atoms with Crippen LogP contribution in [0.4, 0.5) is 9.93 Å². The van der Waals surface area contributed by atoms with Gasteiger partial charge in [0.2, 0.25) is 11.8 Å². The van der Waals surface area contributed by atoms with Crippen LogP contribution in [0.15, 0.2) is 36.2 Å². The van der Waals surface area contributed by atoms with Gasteiger partial charge in [0, 0.05) is 41.3 Å². The molecule has 1 aromatic carbocycles. The van der Waals surface area contributed by atoms with Crippen molar-refractivity contribution in [2.24, 2.45) is 11.3 Å². The predicted octanol–water partition coefficient (Wildman–Crippen LogP) is 5.65. The van der Waals surface area contributed by atoms with Gasteiger partial charge in [0.15, 0.2) is 5.13 Å². The zero-order chi connectivity index (χ0) is 39.8. The van der Waals surface area contributed by atoms with E-state index >= 15 is 0 Å². The summed E-state index contributed by atoms with van der Waals surface area (Å²) in [6.45, 7) is 15.3. The molecule has 0 spiro atoms. The second kappa shape index (κ2) is 15.7. The molecule has 14 nitrogen and oxygen atoms in total. The van der Waals surface area contributed by atoms with Gasteiger partial charge in [-0.3, -0.25) is 9.59 Å². The number of amides is 4. The molecule has 4 amide bonds. The maximum atomic E-state index is 14.6. The SMILES string of the molecule is C=C[C@@H]1C[C@]1(NC(=O)[C@@H]1C[C@@H](Oc2cc(-c3csc(NC(C)C)n3)nc3cc(C)c(OC)cc23)CN1C(=O)[C@@H](NC(=O)NC1CCCC1)C(C)(C)C)C(=O)O. The van der Waals surface area contributed by atoms with Crippen LogP contribution < -0.4 is 30.7 Å². The molecule has 1 saturated heterocycles. The number of carboxylic acid groups (broad SMARTS) is 1. The Bertz CT molecular complexity index is 1970. The van der Waals surface area contributed by atoms with Crippen molar-refractivity contribution >= 4 is 51.2 Å². The number of nitrogens with zero attached hydrogens (tertiary/aromatic N) is 3. The molecule has 3 heterocycles. The lowest BCUT2D eigenvalue weighted by Crippen LogP contribution is -2.60. The van der Waals surface area contributed by atoms with Crippen LogP contribution in [-0.2, 0) is 14.4 Å². The van der Waals surface area contributed by atoms with E-state index in [1.54, 1.807) is 13.2 Å². The maximum Gasteiger partial charge on any atom is 0.330 e. The minimum atomic E-state index is -1.50. The third-order valence-electron chi connectivity index (χ3n) is 10.7. The Kier molecular flexibility index (Phi) is 11.3. The number of pyridine rings is 1. The first-order valence-electron chi connectivity index (χ1n) is 19.0. The number of benzene rings is 1. The number of ether oxygens (including phenoxy) is 2. The van der Waals surface area contributed by atoms with E-state index in [2.05, 4.69) is 27.8 Å². The Morgan fingerprint density at radius 1 is 1.09 bits per heavy atom. The third-order valence-corrected chi connectivity index (χ3v) is 11.5. The molecule has 3 aliphatic rings. The van der Waals surface area contributed by atoms with Gasteiger partial charge in [0.1, 0.15) is 40.9 Å². The van der Waals surface area contributed by atoms with Gasteiger partial charge >= 0.3 is 12.0 Å². The molecule has 0 unspecified atom stereocenters. The molecule has 1 aliphatic heterocycles. The van der Waals surface area contributed by atoms with Crippen LogP contribution in [0.25, 0.3) is 22.3 Å². The number of thiazole rings is 1. The molecule has 5 atom stereocenters. The topological polar surface area (TPSA) is 184 Å². The van der Waals surface area contributed by atoms with Crippen molar-refractivity contribution in [3.8, 4) is 22.9 Å². The van der Waals surface area contributed by atoms with Crippen molar-refractivity contribution in [1.82, 2.24) is 30.8 Å². The van der Waals surface area contributed by atoms with E-state index in [4.69, 9.17) is 19.4 Å². The molecule has 5 N–H and O–H groups in total. The highest BCUT2D eigenvalue weighted by molar-refractivity contribution is 7.14. The molecular formula is C40H53N7O7S. The van der Waals surface area contributed by atoms with Crippen LogP contribution in [0.1, 0.15) is 78.7 Å². The number of nitrogens with one attached hydrogen (secondary N) is 4. The molecule has 2 saturated carbocycles. The monoisotopic (exact) mass is 775 g/mol. The van der Waals surface area contributed by atoms with Crippen LogP contribution in [0.3, 0.4) is 0 Å². The number of methoxy groups -OCH3 is 1. The largest absolute Gasteiger partial charge is 0.496 e. The smallest absolute Gasteiger partial charge is 0.330 e. The van der Waals surface area contributed by atoms with Crippen LogP contribution in [-0.4, -0.2) is 93.3 Å². The van der Waals surface area contributed by atoms with Gasteiger partial charge in [-0.15, -0.1) is 17.9 Å². The fraction of sp³-hybridized carbons (Fsp3) is 0.550. The van der Waals surface area contributed by atoms with Crippen LogP contribution >= 0.6 is 11.3 Å². The number of urea groups is 1. The summed E-state index contributed by atoms with van der Waals surface area (Å²) in [7, 11) is 1.59. The molecule has 2 aliphatic carbocycles. The fourth-order valence-corrected chi connectivity index (χ4v) is 8.45. The quantitative estimate of drug-likeness (QED) is 0.136. The second-order valence-electron chi connectivity index (χ2n) is 16.4.